The van der Waals surface area contributed by atoms with E-state index in [0.29, 0.717) is 17.0 Å². The van der Waals surface area contributed by atoms with E-state index in [1.807, 2.05) is 0 Å². The highest BCUT2D eigenvalue weighted by Gasteiger charge is 2.42. The smallest absolute Gasteiger partial charge is 0.146 e. The Morgan fingerprint density at radius 3 is 2.50 bits per heavy atom. The molecule has 3 atom stereocenters. The van der Waals surface area contributed by atoms with Crippen LogP contribution >= 0.6 is 34.2 Å². The molecule has 1 heterocycles. The molecule has 0 aromatic carbocycles. The molecule has 0 N–H and O–H groups in total. The van der Waals surface area contributed by atoms with Gasteiger partial charge in [0, 0.05) is 11.8 Å². The molecule has 0 spiro atoms. The van der Waals surface area contributed by atoms with Crippen LogP contribution in [0.15, 0.2) is 0 Å². The van der Waals surface area contributed by atoms with Crippen molar-refractivity contribution in [2.24, 2.45) is 11.8 Å². The number of hydrogen-bond acceptors (Lipinski definition) is 2. The Balaban J connectivity index is 1.72. The summed E-state index contributed by atoms with van der Waals surface area (Å²) in [5, 5.41) is 0.685. The van der Waals surface area contributed by atoms with Crippen molar-refractivity contribution in [1.29, 1.82) is 0 Å². The molecule has 96 valence electrons. The lowest BCUT2D eigenvalue weighted by Gasteiger charge is -2.21. The first-order chi connectivity index (χ1) is 8.72. The summed E-state index contributed by atoms with van der Waals surface area (Å²) < 4.78 is 1.09. The average Bonchev–Trinajstić information content (AvgIpc) is 2.99. The van der Waals surface area contributed by atoms with Gasteiger partial charge in [-0.05, 0) is 66.5 Å². The monoisotopic (exact) mass is 374 g/mol. The van der Waals surface area contributed by atoms with E-state index in [0.717, 1.165) is 21.2 Å². The van der Waals surface area contributed by atoms with Crippen LogP contribution in [-0.2, 0) is 0 Å². The van der Waals surface area contributed by atoms with E-state index >= 15 is 0 Å². The standard InChI is InChI=1S/C14H16ClIN2/c15-13-11(16)12(8-3-4-8)17-14(18-13)10-6-7-1-2-9(10)5-7/h7-10H,1-6H2. The van der Waals surface area contributed by atoms with Gasteiger partial charge >= 0.3 is 0 Å². The van der Waals surface area contributed by atoms with Crippen LogP contribution in [0.4, 0.5) is 0 Å². The predicted octanol–water partition coefficient (Wildman–Crippen LogP) is 4.52. The minimum Gasteiger partial charge on any atom is -0.236 e. The molecule has 4 rings (SSSR count). The van der Waals surface area contributed by atoms with Crippen molar-refractivity contribution in [3.8, 4) is 0 Å². The summed E-state index contributed by atoms with van der Waals surface area (Å²) in [6, 6.07) is 0. The zero-order chi connectivity index (χ0) is 12.3. The number of rotatable bonds is 2. The summed E-state index contributed by atoms with van der Waals surface area (Å²) >= 11 is 8.62. The van der Waals surface area contributed by atoms with Crippen LogP contribution in [0.2, 0.25) is 5.15 Å². The first kappa shape index (κ1) is 11.9. The lowest BCUT2D eigenvalue weighted by molar-refractivity contribution is 0.404. The number of hydrogen-bond donors (Lipinski definition) is 0. The zero-order valence-electron chi connectivity index (χ0n) is 10.2. The van der Waals surface area contributed by atoms with Crippen molar-refractivity contribution in [1.82, 2.24) is 9.97 Å². The molecule has 18 heavy (non-hydrogen) atoms. The molecule has 3 saturated carbocycles. The first-order valence-corrected chi connectivity index (χ1v) is 8.41. The van der Waals surface area contributed by atoms with E-state index in [2.05, 4.69) is 27.6 Å². The lowest BCUT2D eigenvalue weighted by Crippen LogP contribution is -2.14. The molecule has 2 nitrogen and oxygen atoms in total. The van der Waals surface area contributed by atoms with Gasteiger partial charge in [0.1, 0.15) is 11.0 Å². The van der Waals surface area contributed by atoms with E-state index in [-0.39, 0.29) is 0 Å². The van der Waals surface area contributed by atoms with E-state index < -0.39 is 0 Å². The van der Waals surface area contributed by atoms with Gasteiger partial charge in [0.15, 0.2) is 0 Å². The molecular weight excluding hydrogens is 359 g/mol. The summed E-state index contributed by atoms with van der Waals surface area (Å²) in [5.41, 5.74) is 1.23. The highest BCUT2D eigenvalue weighted by Crippen LogP contribution is 2.52. The van der Waals surface area contributed by atoms with Crippen molar-refractivity contribution in [3.63, 3.8) is 0 Å². The third-order valence-electron chi connectivity index (χ3n) is 4.89. The number of nitrogens with zero attached hydrogens (tertiary/aromatic N) is 2. The predicted molar refractivity (Wildman–Crippen MR) is 79.9 cm³/mol. The molecule has 0 radical (unpaired) electrons. The fourth-order valence-electron chi connectivity index (χ4n) is 3.81. The Morgan fingerprint density at radius 1 is 1.06 bits per heavy atom. The molecule has 3 aliphatic rings. The van der Waals surface area contributed by atoms with Gasteiger partial charge < -0.3 is 0 Å². The molecule has 3 unspecified atom stereocenters. The van der Waals surface area contributed by atoms with Crippen LogP contribution in [0.3, 0.4) is 0 Å². The van der Waals surface area contributed by atoms with E-state index in [9.17, 15) is 0 Å². The Bertz CT molecular complexity index is 501. The largest absolute Gasteiger partial charge is 0.236 e. The van der Waals surface area contributed by atoms with Crippen LogP contribution in [0.5, 0.6) is 0 Å². The molecule has 1 aromatic heterocycles. The van der Waals surface area contributed by atoms with Crippen molar-refractivity contribution in [2.45, 2.75) is 50.4 Å². The molecular formula is C14H16ClIN2. The normalized spacial score (nSPS) is 34.2. The second-order valence-corrected chi connectivity index (χ2v) is 7.56. The number of aromatic nitrogens is 2. The number of halogens is 2. The van der Waals surface area contributed by atoms with Gasteiger partial charge in [-0.1, -0.05) is 18.0 Å². The Labute approximate surface area is 126 Å². The lowest BCUT2D eigenvalue weighted by atomic mass is 9.88. The van der Waals surface area contributed by atoms with Gasteiger partial charge in [-0.25, -0.2) is 9.97 Å². The minimum atomic E-state index is 0.593. The molecule has 0 saturated heterocycles. The third-order valence-corrected chi connectivity index (χ3v) is 6.54. The maximum absolute atomic E-state index is 6.31. The third kappa shape index (κ3) is 1.89. The molecule has 1 aromatic rings. The molecule has 3 aliphatic carbocycles. The molecule has 4 heteroatoms. The minimum absolute atomic E-state index is 0.593. The molecule has 3 fully saturated rings. The van der Waals surface area contributed by atoms with Crippen LogP contribution in [0, 0.1) is 15.4 Å². The highest BCUT2D eigenvalue weighted by molar-refractivity contribution is 14.1. The zero-order valence-corrected chi connectivity index (χ0v) is 13.1. The summed E-state index contributed by atoms with van der Waals surface area (Å²) in [4.78, 5) is 9.48. The Hall–Kier alpha value is 0.100. The maximum atomic E-state index is 6.31. The Kier molecular flexibility index (Phi) is 2.84. The fraction of sp³-hybridized carbons (Fsp3) is 0.714. The summed E-state index contributed by atoms with van der Waals surface area (Å²) in [7, 11) is 0. The maximum Gasteiger partial charge on any atom is 0.146 e. The van der Waals surface area contributed by atoms with Crippen molar-refractivity contribution < 1.29 is 0 Å². The highest BCUT2D eigenvalue weighted by atomic mass is 127. The van der Waals surface area contributed by atoms with Gasteiger partial charge in [0.25, 0.3) is 0 Å². The fourth-order valence-corrected chi connectivity index (χ4v) is 4.67. The second kappa shape index (κ2) is 4.30. The van der Waals surface area contributed by atoms with Crippen molar-refractivity contribution >= 4 is 34.2 Å². The van der Waals surface area contributed by atoms with E-state index in [1.165, 1.54) is 44.2 Å². The van der Waals surface area contributed by atoms with Gasteiger partial charge in [-0.2, -0.15) is 0 Å². The molecule has 0 amide bonds. The number of fused-ring (bicyclic) bond motifs is 2. The average molecular weight is 375 g/mol. The van der Waals surface area contributed by atoms with Crippen molar-refractivity contribution in [3.05, 3.63) is 20.2 Å². The summed E-state index contributed by atoms with van der Waals surface area (Å²) in [6.45, 7) is 0. The van der Waals surface area contributed by atoms with Gasteiger partial charge in [-0.3, -0.25) is 0 Å². The van der Waals surface area contributed by atoms with Crippen LogP contribution < -0.4 is 0 Å². The van der Waals surface area contributed by atoms with E-state index in [4.69, 9.17) is 16.6 Å². The van der Waals surface area contributed by atoms with Crippen LogP contribution in [0.25, 0.3) is 0 Å². The Morgan fingerprint density at radius 2 is 1.89 bits per heavy atom. The van der Waals surface area contributed by atoms with Gasteiger partial charge in [-0.15, -0.1) is 0 Å². The summed E-state index contributed by atoms with van der Waals surface area (Å²) in [5.74, 6) is 4.07. The quantitative estimate of drug-likeness (QED) is 0.562. The second-order valence-electron chi connectivity index (χ2n) is 6.13. The topological polar surface area (TPSA) is 25.8 Å². The van der Waals surface area contributed by atoms with Crippen LogP contribution in [0.1, 0.15) is 61.9 Å². The van der Waals surface area contributed by atoms with Gasteiger partial charge in [0.2, 0.25) is 0 Å². The first-order valence-electron chi connectivity index (χ1n) is 6.95. The molecule has 0 aliphatic heterocycles. The summed E-state index contributed by atoms with van der Waals surface area (Å²) in [6.07, 6.45) is 8.05. The SMILES string of the molecule is Clc1nc(C2CC3CCC2C3)nc(C2CC2)c1I. The molecule has 2 bridgehead atoms. The van der Waals surface area contributed by atoms with Gasteiger partial charge in [0.05, 0.1) is 9.26 Å². The van der Waals surface area contributed by atoms with E-state index in [1.54, 1.807) is 0 Å². The van der Waals surface area contributed by atoms with Crippen LogP contribution in [-0.4, -0.2) is 9.97 Å². The van der Waals surface area contributed by atoms with Crippen molar-refractivity contribution in [2.75, 3.05) is 0 Å².